The van der Waals surface area contributed by atoms with Crippen LogP contribution in [0.15, 0.2) is 0 Å². The Morgan fingerprint density at radius 3 is 3.05 bits per heavy atom. The molecule has 1 saturated heterocycles. The van der Waals surface area contributed by atoms with Crippen molar-refractivity contribution in [2.75, 3.05) is 38.1 Å². The van der Waals surface area contributed by atoms with Gasteiger partial charge in [0, 0.05) is 37.5 Å². The number of thiazole rings is 1. The van der Waals surface area contributed by atoms with Crippen LogP contribution in [0.1, 0.15) is 17.5 Å². The summed E-state index contributed by atoms with van der Waals surface area (Å²) in [4.78, 5) is 20.3. The van der Waals surface area contributed by atoms with E-state index in [9.17, 15) is 4.79 Å². The molecule has 126 valence electrons. The number of carbonyl (C=O) groups is 1. The summed E-state index contributed by atoms with van der Waals surface area (Å²) in [6, 6.07) is 0. The molecule has 0 aromatic carbocycles. The third-order valence-corrected chi connectivity index (χ3v) is 4.71. The smallest absolute Gasteiger partial charge is 0.256 e. The van der Waals surface area contributed by atoms with E-state index in [4.69, 9.17) is 4.74 Å². The van der Waals surface area contributed by atoms with Gasteiger partial charge in [-0.3, -0.25) is 15.0 Å². The molecule has 1 aromatic heterocycles. The minimum absolute atomic E-state index is 0. The van der Waals surface area contributed by atoms with E-state index in [1.54, 1.807) is 11.3 Å². The molecular weight excluding hydrogens is 347 g/mol. The summed E-state index contributed by atoms with van der Waals surface area (Å²) in [6.07, 6.45) is 0.564. The number of ether oxygens (including phenoxy) is 1. The highest BCUT2D eigenvalue weighted by Crippen LogP contribution is 2.28. The molecule has 1 amide bonds. The van der Waals surface area contributed by atoms with Crippen molar-refractivity contribution in [3.8, 4) is 0 Å². The number of nitrogens with zero attached hydrogens (tertiary/aromatic N) is 2. The third-order valence-electron chi connectivity index (χ3n) is 3.71. The van der Waals surface area contributed by atoms with Crippen molar-refractivity contribution >= 4 is 47.2 Å². The van der Waals surface area contributed by atoms with Crippen LogP contribution in [0.4, 0.5) is 5.13 Å². The molecule has 0 bridgehead atoms. The SMILES string of the molecule is CCN1CCc2nc(NC(=O)C3CNCCO3)sc2C1.Cl.Cl. The molecule has 9 heteroatoms. The van der Waals surface area contributed by atoms with Gasteiger partial charge in [-0.05, 0) is 6.54 Å². The van der Waals surface area contributed by atoms with E-state index in [1.165, 1.54) is 4.88 Å². The van der Waals surface area contributed by atoms with Crippen LogP contribution in [0.5, 0.6) is 0 Å². The fraction of sp³-hybridized carbons (Fsp3) is 0.692. The molecule has 0 aliphatic carbocycles. The first-order valence-electron chi connectivity index (χ1n) is 7.10. The van der Waals surface area contributed by atoms with Gasteiger partial charge < -0.3 is 10.1 Å². The molecule has 1 aromatic rings. The van der Waals surface area contributed by atoms with E-state index in [1.807, 2.05) is 0 Å². The van der Waals surface area contributed by atoms with Crippen molar-refractivity contribution in [3.63, 3.8) is 0 Å². The molecule has 1 fully saturated rings. The summed E-state index contributed by atoms with van der Waals surface area (Å²) in [7, 11) is 0. The second-order valence-corrected chi connectivity index (χ2v) is 6.14. The topological polar surface area (TPSA) is 66.5 Å². The lowest BCUT2D eigenvalue weighted by molar-refractivity contribution is -0.128. The van der Waals surface area contributed by atoms with Crippen LogP contribution < -0.4 is 10.6 Å². The number of halogens is 2. The lowest BCUT2D eigenvalue weighted by atomic mass is 10.2. The van der Waals surface area contributed by atoms with Gasteiger partial charge in [0.1, 0.15) is 6.10 Å². The molecule has 22 heavy (non-hydrogen) atoms. The zero-order valence-corrected chi connectivity index (χ0v) is 14.9. The van der Waals surface area contributed by atoms with E-state index >= 15 is 0 Å². The normalized spacial score (nSPS) is 21.2. The molecule has 3 rings (SSSR count). The van der Waals surface area contributed by atoms with Crippen LogP contribution in [0.2, 0.25) is 0 Å². The summed E-state index contributed by atoms with van der Waals surface area (Å²) in [5.74, 6) is -0.101. The summed E-state index contributed by atoms with van der Waals surface area (Å²) in [6.45, 7) is 7.18. The van der Waals surface area contributed by atoms with E-state index < -0.39 is 6.10 Å². The van der Waals surface area contributed by atoms with Gasteiger partial charge in [0.25, 0.3) is 5.91 Å². The van der Waals surface area contributed by atoms with E-state index in [2.05, 4.69) is 27.4 Å². The maximum atomic E-state index is 12.1. The van der Waals surface area contributed by atoms with Crippen LogP contribution in [0.25, 0.3) is 0 Å². The molecule has 6 nitrogen and oxygen atoms in total. The first kappa shape index (κ1) is 19.6. The average Bonchev–Trinajstić information content (AvgIpc) is 2.89. The molecule has 2 aliphatic heterocycles. The Morgan fingerprint density at radius 1 is 1.55 bits per heavy atom. The van der Waals surface area contributed by atoms with E-state index in [0.29, 0.717) is 18.3 Å². The van der Waals surface area contributed by atoms with E-state index in [-0.39, 0.29) is 30.7 Å². The van der Waals surface area contributed by atoms with Crippen molar-refractivity contribution in [2.24, 2.45) is 0 Å². The minimum atomic E-state index is -0.406. The summed E-state index contributed by atoms with van der Waals surface area (Å²) >= 11 is 1.59. The second kappa shape index (κ2) is 9.00. The number of anilines is 1. The molecule has 1 unspecified atom stereocenters. The van der Waals surface area contributed by atoms with Gasteiger partial charge >= 0.3 is 0 Å². The van der Waals surface area contributed by atoms with Crippen molar-refractivity contribution in [1.29, 1.82) is 0 Å². The highest BCUT2D eigenvalue weighted by atomic mass is 35.5. The van der Waals surface area contributed by atoms with Crippen molar-refractivity contribution < 1.29 is 9.53 Å². The molecular formula is C13H22Cl2N4O2S. The molecule has 0 spiro atoms. The summed E-state index contributed by atoms with van der Waals surface area (Å²) < 4.78 is 5.44. The van der Waals surface area contributed by atoms with Gasteiger partial charge in [-0.25, -0.2) is 4.98 Å². The molecule has 2 N–H and O–H groups in total. The minimum Gasteiger partial charge on any atom is -0.366 e. The summed E-state index contributed by atoms with van der Waals surface area (Å²) in [5, 5.41) is 6.74. The lowest BCUT2D eigenvalue weighted by Crippen LogP contribution is -2.45. The number of likely N-dealkylation sites (N-methyl/N-ethyl adjacent to an activating group) is 1. The fourth-order valence-corrected chi connectivity index (χ4v) is 3.54. The number of carbonyl (C=O) groups excluding carboxylic acids is 1. The van der Waals surface area contributed by atoms with Gasteiger partial charge in [-0.2, -0.15) is 0 Å². The standard InChI is InChI=1S/C13H20N4O2S.2ClH/c1-2-17-5-3-9-11(8-17)20-13(15-9)16-12(18)10-7-14-4-6-19-10;;/h10,14H,2-8H2,1H3,(H,15,16,18);2*1H. The first-order valence-corrected chi connectivity index (χ1v) is 7.92. The lowest BCUT2D eigenvalue weighted by Gasteiger charge is -2.23. The third kappa shape index (κ3) is 4.53. The van der Waals surface area contributed by atoms with Gasteiger partial charge in [-0.1, -0.05) is 6.92 Å². The van der Waals surface area contributed by atoms with Crippen LogP contribution in [0.3, 0.4) is 0 Å². The average molecular weight is 369 g/mol. The molecule has 0 radical (unpaired) electrons. The van der Waals surface area contributed by atoms with Crippen molar-refractivity contribution in [1.82, 2.24) is 15.2 Å². The fourth-order valence-electron chi connectivity index (χ4n) is 2.49. The first-order chi connectivity index (χ1) is 9.76. The van der Waals surface area contributed by atoms with Crippen molar-refractivity contribution in [3.05, 3.63) is 10.6 Å². The van der Waals surface area contributed by atoms with Crippen LogP contribution in [0, 0.1) is 0 Å². The quantitative estimate of drug-likeness (QED) is 0.841. The van der Waals surface area contributed by atoms with Gasteiger partial charge in [0.2, 0.25) is 0 Å². The van der Waals surface area contributed by atoms with Crippen LogP contribution >= 0.6 is 36.2 Å². The number of rotatable bonds is 3. The predicted octanol–water partition coefficient (Wildman–Crippen LogP) is 1.29. The zero-order valence-electron chi connectivity index (χ0n) is 12.5. The van der Waals surface area contributed by atoms with Crippen LogP contribution in [-0.2, 0) is 22.5 Å². The largest absolute Gasteiger partial charge is 0.366 e. The highest BCUT2D eigenvalue weighted by Gasteiger charge is 2.24. The Kier molecular flexibility index (Phi) is 8.02. The van der Waals surface area contributed by atoms with Gasteiger partial charge in [0.15, 0.2) is 5.13 Å². The number of hydrogen-bond donors (Lipinski definition) is 2. The Labute approximate surface area is 146 Å². The number of nitrogens with one attached hydrogen (secondary N) is 2. The monoisotopic (exact) mass is 368 g/mol. The molecule has 2 aliphatic rings. The Bertz CT molecular complexity index is 494. The van der Waals surface area contributed by atoms with Crippen LogP contribution in [-0.4, -0.2) is 54.7 Å². The maximum Gasteiger partial charge on any atom is 0.256 e. The van der Waals surface area contributed by atoms with Crippen molar-refractivity contribution in [2.45, 2.75) is 26.0 Å². The molecule has 1 atom stereocenters. The maximum absolute atomic E-state index is 12.1. The molecule has 0 saturated carbocycles. The molecule has 3 heterocycles. The Balaban J connectivity index is 0.00000121. The zero-order chi connectivity index (χ0) is 13.9. The summed E-state index contributed by atoms with van der Waals surface area (Å²) in [5.41, 5.74) is 1.14. The number of amides is 1. The number of aromatic nitrogens is 1. The predicted molar refractivity (Wildman–Crippen MR) is 92.5 cm³/mol. The Hall–Kier alpha value is -0.440. The van der Waals surface area contributed by atoms with Gasteiger partial charge in [-0.15, -0.1) is 36.2 Å². The Morgan fingerprint density at radius 2 is 2.36 bits per heavy atom. The number of fused-ring (bicyclic) bond motifs is 1. The number of morpholine rings is 1. The van der Waals surface area contributed by atoms with E-state index in [0.717, 1.165) is 38.3 Å². The highest BCUT2D eigenvalue weighted by molar-refractivity contribution is 7.15. The second-order valence-electron chi connectivity index (χ2n) is 5.06. The number of hydrogen-bond acceptors (Lipinski definition) is 6. The van der Waals surface area contributed by atoms with Gasteiger partial charge in [0.05, 0.1) is 12.3 Å².